The van der Waals surface area contributed by atoms with Crippen molar-refractivity contribution in [2.45, 2.75) is 24.2 Å². The Kier molecular flexibility index (Phi) is 5.67. The van der Waals surface area contributed by atoms with E-state index in [9.17, 15) is 13.2 Å². The fourth-order valence-electron chi connectivity index (χ4n) is 3.41. The van der Waals surface area contributed by atoms with E-state index < -0.39 is 10.0 Å². The van der Waals surface area contributed by atoms with Crippen molar-refractivity contribution < 1.29 is 22.7 Å². The molecule has 2 heterocycles. The monoisotopic (exact) mass is 436 g/mol. The van der Waals surface area contributed by atoms with Crippen LogP contribution in [0.2, 0.25) is 5.02 Å². The molecule has 0 atom stereocenters. The highest BCUT2D eigenvalue weighted by Gasteiger charge is 2.28. The fourth-order valence-corrected chi connectivity index (χ4v) is 5.43. The number of piperidine rings is 1. The van der Waals surface area contributed by atoms with Crippen LogP contribution >= 0.6 is 11.6 Å². The molecule has 2 aromatic rings. The van der Waals surface area contributed by atoms with Crippen molar-refractivity contribution in [2.24, 2.45) is 0 Å². The van der Waals surface area contributed by atoms with Crippen LogP contribution in [0.5, 0.6) is 11.5 Å². The summed E-state index contributed by atoms with van der Waals surface area (Å²) in [5.74, 6) is 0.716. The van der Waals surface area contributed by atoms with E-state index in [0.29, 0.717) is 49.1 Å². The van der Waals surface area contributed by atoms with E-state index in [1.54, 1.807) is 24.3 Å². The molecule has 1 amide bonds. The number of fused-ring (bicyclic) bond motifs is 1. The smallest absolute Gasteiger partial charge is 0.255 e. The van der Waals surface area contributed by atoms with Gasteiger partial charge in [0.2, 0.25) is 10.0 Å². The molecule has 7 nitrogen and oxygen atoms in total. The largest absolute Gasteiger partial charge is 0.486 e. The molecule has 29 heavy (non-hydrogen) atoms. The number of sulfonamides is 1. The zero-order chi connectivity index (χ0) is 20.4. The Morgan fingerprint density at radius 3 is 2.45 bits per heavy atom. The molecule has 2 aliphatic rings. The second kappa shape index (κ2) is 8.22. The minimum absolute atomic E-state index is 0.000964. The van der Waals surface area contributed by atoms with Gasteiger partial charge in [0.05, 0.1) is 5.02 Å². The summed E-state index contributed by atoms with van der Waals surface area (Å²) in [6.07, 6.45) is 2.68. The summed E-state index contributed by atoms with van der Waals surface area (Å²) in [5.41, 5.74) is 0.731. The first kappa shape index (κ1) is 20.0. The molecular weight excluding hydrogens is 416 g/mol. The van der Waals surface area contributed by atoms with Crippen LogP contribution in [-0.2, 0) is 10.0 Å². The molecule has 2 aliphatic heterocycles. The van der Waals surface area contributed by atoms with Crippen LogP contribution in [0.25, 0.3) is 0 Å². The van der Waals surface area contributed by atoms with Crippen LogP contribution in [0.3, 0.4) is 0 Å². The normalized spacial score (nSPS) is 17.0. The quantitative estimate of drug-likeness (QED) is 0.792. The molecule has 4 rings (SSSR count). The van der Waals surface area contributed by atoms with Crippen LogP contribution < -0.4 is 14.8 Å². The summed E-state index contributed by atoms with van der Waals surface area (Å²) in [6, 6.07) is 9.38. The third-order valence-electron chi connectivity index (χ3n) is 4.93. The highest BCUT2D eigenvalue weighted by molar-refractivity contribution is 7.89. The minimum atomic E-state index is -3.71. The molecule has 2 aromatic carbocycles. The SMILES string of the molecule is O=C(Nc1ccc(Cl)c(S(=O)(=O)N2CCCCC2)c1)c1ccc2c(c1)OCCO2. The minimum Gasteiger partial charge on any atom is -0.486 e. The lowest BCUT2D eigenvalue weighted by atomic mass is 10.1. The molecule has 0 unspecified atom stereocenters. The number of halogens is 1. The zero-order valence-corrected chi connectivity index (χ0v) is 17.3. The predicted molar refractivity (Wildman–Crippen MR) is 109 cm³/mol. The van der Waals surface area contributed by atoms with Crippen LogP contribution in [0.1, 0.15) is 29.6 Å². The number of hydrogen-bond donors (Lipinski definition) is 1. The number of ether oxygens (including phenoxy) is 2. The van der Waals surface area contributed by atoms with Crippen molar-refractivity contribution in [3.05, 3.63) is 47.0 Å². The van der Waals surface area contributed by atoms with Crippen molar-refractivity contribution in [1.82, 2.24) is 4.31 Å². The van der Waals surface area contributed by atoms with Gasteiger partial charge in [-0.25, -0.2) is 8.42 Å². The van der Waals surface area contributed by atoms with Crippen molar-refractivity contribution >= 4 is 33.2 Å². The first-order chi connectivity index (χ1) is 13.9. The van der Waals surface area contributed by atoms with Crippen molar-refractivity contribution in [2.75, 3.05) is 31.6 Å². The molecule has 0 saturated carbocycles. The number of nitrogens with zero attached hydrogens (tertiary/aromatic N) is 1. The van der Waals surface area contributed by atoms with Crippen LogP contribution in [0.15, 0.2) is 41.3 Å². The standard InChI is InChI=1S/C20H21ClN2O5S/c21-16-6-5-15(13-19(16)29(25,26)23-8-2-1-3-9-23)22-20(24)14-4-7-17-18(12-14)28-11-10-27-17/h4-7,12-13H,1-3,8-11H2,(H,22,24). The lowest BCUT2D eigenvalue weighted by Gasteiger charge is -2.26. The highest BCUT2D eigenvalue weighted by atomic mass is 35.5. The first-order valence-corrected chi connectivity index (χ1v) is 11.3. The van der Waals surface area contributed by atoms with Gasteiger partial charge in [0.25, 0.3) is 5.91 Å². The van der Waals surface area contributed by atoms with Gasteiger partial charge in [0.15, 0.2) is 11.5 Å². The van der Waals surface area contributed by atoms with Crippen LogP contribution in [0.4, 0.5) is 5.69 Å². The number of anilines is 1. The molecule has 0 aromatic heterocycles. The van der Waals surface area contributed by atoms with E-state index in [0.717, 1.165) is 19.3 Å². The van der Waals surface area contributed by atoms with E-state index in [-0.39, 0.29) is 15.8 Å². The van der Waals surface area contributed by atoms with E-state index in [2.05, 4.69) is 5.32 Å². The van der Waals surface area contributed by atoms with E-state index in [1.807, 2.05) is 0 Å². The first-order valence-electron chi connectivity index (χ1n) is 9.46. The van der Waals surface area contributed by atoms with Crippen molar-refractivity contribution in [3.8, 4) is 11.5 Å². The molecule has 0 aliphatic carbocycles. The summed E-state index contributed by atoms with van der Waals surface area (Å²) in [4.78, 5) is 12.6. The Bertz CT molecular complexity index is 1040. The Balaban J connectivity index is 1.57. The second-order valence-electron chi connectivity index (χ2n) is 6.92. The average Bonchev–Trinajstić information content (AvgIpc) is 2.75. The summed E-state index contributed by atoms with van der Waals surface area (Å²) >= 11 is 6.18. The Hall–Kier alpha value is -2.29. The lowest BCUT2D eigenvalue weighted by molar-refractivity contribution is 0.102. The van der Waals surface area contributed by atoms with Gasteiger partial charge in [-0.3, -0.25) is 4.79 Å². The van der Waals surface area contributed by atoms with Gasteiger partial charge >= 0.3 is 0 Å². The number of carbonyl (C=O) groups excluding carboxylic acids is 1. The third-order valence-corrected chi connectivity index (χ3v) is 7.31. The van der Waals surface area contributed by atoms with Crippen LogP contribution in [0, 0.1) is 0 Å². The van der Waals surface area contributed by atoms with E-state index in [4.69, 9.17) is 21.1 Å². The summed E-state index contributed by atoms with van der Waals surface area (Å²) in [5, 5.41) is 2.86. The second-order valence-corrected chi connectivity index (χ2v) is 9.24. The molecule has 0 radical (unpaired) electrons. The third kappa shape index (κ3) is 4.19. The fraction of sp³-hybridized carbons (Fsp3) is 0.350. The van der Waals surface area contributed by atoms with E-state index >= 15 is 0 Å². The van der Waals surface area contributed by atoms with Crippen molar-refractivity contribution in [1.29, 1.82) is 0 Å². The van der Waals surface area contributed by atoms with Gasteiger partial charge in [-0.05, 0) is 49.2 Å². The Labute approximate surface area is 174 Å². The molecule has 0 spiro atoms. The number of benzene rings is 2. The van der Waals surface area contributed by atoms with Gasteiger partial charge in [-0.2, -0.15) is 4.31 Å². The number of rotatable bonds is 4. The zero-order valence-electron chi connectivity index (χ0n) is 15.7. The van der Waals surface area contributed by atoms with Crippen LogP contribution in [-0.4, -0.2) is 44.9 Å². The highest BCUT2D eigenvalue weighted by Crippen LogP contribution is 2.32. The van der Waals surface area contributed by atoms with Crippen molar-refractivity contribution in [3.63, 3.8) is 0 Å². The Morgan fingerprint density at radius 2 is 1.69 bits per heavy atom. The maximum Gasteiger partial charge on any atom is 0.255 e. The summed E-state index contributed by atoms with van der Waals surface area (Å²) in [6.45, 7) is 1.85. The topological polar surface area (TPSA) is 84.9 Å². The average molecular weight is 437 g/mol. The molecular formula is C20H21ClN2O5S. The number of nitrogens with one attached hydrogen (secondary N) is 1. The lowest BCUT2D eigenvalue weighted by Crippen LogP contribution is -2.35. The predicted octanol–water partition coefficient (Wildman–Crippen LogP) is 3.54. The summed E-state index contributed by atoms with van der Waals surface area (Å²) in [7, 11) is -3.71. The molecule has 1 N–H and O–H groups in total. The maximum absolute atomic E-state index is 13.0. The number of hydrogen-bond acceptors (Lipinski definition) is 5. The molecule has 0 bridgehead atoms. The number of amides is 1. The van der Waals surface area contributed by atoms with Gasteiger partial charge in [-0.1, -0.05) is 18.0 Å². The Morgan fingerprint density at radius 1 is 0.966 bits per heavy atom. The van der Waals surface area contributed by atoms with Gasteiger partial charge in [0.1, 0.15) is 18.1 Å². The molecule has 1 saturated heterocycles. The van der Waals surface area contributed by atoms with Gasteiger partial charge in [-0.15, -0.1) is 0 Å². The number of carbonyl (C=O) groups is 1. The van der Waals surface area contributed by atoms with E-state index in [1.165, 1.54) is 16.4 Å². The van der Waals surface area contributed by atoms with Gasteiger partial charge in [0, 0.05) is 24.3 Å². The molecule has 9 heteroatoms. The maximum atomic E-state index is 13.0. The molecule has 154 valence electrons. The molecule has 1 fully saturated rings. The van der Waals surface area contributed by atoms with Gasteiger partial charge < -0.3 is 14.8 Å². The summed E-state index contributed by atoms with van der Waals surface area (Å²) < 4.78 is 38.4.